The molecule has 28 heavy (non-hydrogen) atoms. The van der Waals surface area contributed by atoms with Crippen LogP contribution in [-0.2, 0) is 4.74 Å². The summed E-state index contributed by atoms with van der Waals surface area (Å²) in [5.41, 5.74) is 2.88. The fraction of sp³-hybridized carbons (Fsp3) is 0.286. The number of aromatic nitrogens is 3. The lowest BCUT2D eigenvalue weighted by atomic mass is 10.2. The van der Waals surface area contributed by atoms with E-state index in [2.05, 4.69) is 38.7 Å². The molecule has 0 bridgehead atoms. The molecule has 2 heterocycles. The zero-order valence-electron chi connectivity index (χ0n) is 15.7. The van der Waals surface area contributed by atoms with Crippen LogP contribution in [0.4, 0.5) is 5.95 Å². The molecule has 1 aromatic heterocycles. The molecule has 0 saturated carbocycles. The van der Waals surface area contributed by atoms with Crippen molar-refractivity contribution in [2.75, 3.05) is 37.0 Å². The van der Waals surface area contributed by atoms with Gasteiger partial charge in [0.2, 0.25) is 5.95 Å². The maximum atomic E-state index is 12.5. The molecule has 0 aliphatic carbocycles. The smallest absolute Gasteiger partial charge is 0.232 e. The zero-order valence-corrected chi connectivity index (χ0v) is 16.6. The Labute approximate surface area is 168 Å². The number of carbonyl (C=O) groups is 1. The fourth-order valence-corrected chi connectivity index (χ4v) is 4.02. The summed E-state index contributed by atoms with van der Waals surface area (Å²) >= 11 is 1.42. The van der Waals surface area contributed by atoms with E-state index in [0.717, 1.165) is 35.4 Å². The molecule has 2 aromatic carbocycles. The monoisotopic (exact) mass is 394 g/mol. The van der Waals surface area contributed by atoms with E-state index in [-0.39, 0.29) is 5.78 Å². The molecule has 1 saturated heterocycles. The Morgan fingerprint density at radius 3 is 2.50 bits per heavy atom. The predicted octanol–water partition coefficient (Wildman–Crippen LogP) is 3.39. The largest absolute Gasteiger partial charge is 0.378 e. The molecule has 1 aliphatic rings. The third kappa shape index (κ3) is 3.95. The van der Waals surface area contributed by atoms with E-state index in [4.69, 9.17) is 4.74 Å². The molecule has 144 valence electrons. The van der Waals surface area contributed by atoms with E-state index in [1.54, 1.807) is 0 Å². The lowest BCUT2D eigenvalue weighted by Gasteiger charge is -2.28. The SMILES string of the molecule is Cc1ccccc1-n1c(SCC(=O)c2ccccc2)nnc1N1CCOCC1. The summed E-state index contributed by atoms with van der Waals surface area (Å²) in [6.07, 6.45) is 0. The number of ketones is 1. The van der Waals surface area contributed by atoms with E-state index < -0.39 is 0 Å². The minimum absolute atomic E-state index is 0.0813. The van der Waals surface area contributed by atoms with Gasteiger partial charge in [-0.2, -0.15) is 0 Å². The molecule has 4 rings (SSSR count). The maximum absolute atomic E-state index is 12.5. The van der Waals surface area contributed by atoms with Crippen LogP contribution >= 0.6 is 11.8 Å². The molecule has 0 N–H and O–H groups in total. The average Bonchev–Trinajstić information content (AvgIpc) is 3.17. The molecule has 1 fully saturated rings. The lowest BCUT2D eigenvalue weighted by Crippen LogP contribution is -2.38. The summed E-state index contributed by atoms with van der Waals surface area (Å²) < 4.78 is 7.54. The first-order valence-electron chi connectivity index (χ1n) is 9.29. The van der Waals surface area contributed by atoms with Crippen molar-refractivity contribution < 1.29 is 9.53 Å². The number of anilines is 1. The van der Waals surface area contributed by atoms with Crippen molar-refractivity contribution in [3.63, 3.8) is 0 Å². The van der Waals surface area contributed by atoms with Crippen LogP contribution in [0.3, 0.4) is 0 Å². The number of Topliss-reactive ketones (excluding diaryl/α,β-unsaturated/α-hetero) is 1. The summed E-state index contributed by atoms with van der Waals surface area (Å²) in [5.74, 6) is 1.20. The van der Waals surface area contributed by atoms with E-state index in [1.165, 1.54) is 11.8 Å². The van der Waals surface area contributed by atoms with Gasteiger partial charge >= 0.3 is 0 Å². The van der Waals surface area contributed by atoms with E-state index >= 15 is 0 Å². The van der Waals surface area contributed by atoms with Gasteiger partial charge in [0.25, 0.3) is 0 Å². The Morgan fingerprint density at radius 1 is 1.04 bits per heavy atom. The maximum Gasteiger partial charge on any atom is 0.232 e. The molecule has 3 aromatic rings. The van der Waals surface area contributed by atoms with E-state index in [9.17, 15) is 4.79 Å². The highest BCUT2D eigenvalue weighted by molar-refractivity contribution is 7.99. The summed E-state index contributed by atoms with van der Waals surface area (Å²) in [5, 5.41) is 9.60. The van der Waals surface area contributed by atoms with Crippen molar-refractivity contribution in [1.29, 1.82) is 0 Å². The average molecular weight is 395 g/mol. The minimum Gasteiger partial charge on any atom is -0.378 e. The Hall–Kier alpha value is -2.64. The van der Waals surface area contributed by atoms with Gasteiger partial charge < -0.3 is 9.64 Å². The van der Waals surface area contributed by atoms with Crippen LogP contribution in [0, 0.1) is 6.92 Å². The van der Waals surface area contributed by atoms with E-state index in [0.29, 0.717) is 24.5 Å². The lowest BCUT2D eigenvalue weighted by molar-refractivity contribution is 0.102. The number of rotatable bonds is 6. The van der Waals surface area contributed by atoms with Gasteiger partial charge in [-0.3, -0.25) is 9.36 Å². The summed E-state index contributed by atoms with van der Waals surface area (Å²) in [7, 11) is 0. The first kappa shape index (κ1) is 18.7. The second kappa shape index (κ2) is 8.58. The number of thioether (sulfide) groups is 1. The topological polar surface area (TPSA) is 60.2 Å². The number of morpholine rings is 1. The number of nitrogens with zero attached hydrogens (tertiary/aromatic N) is 4. The number of carbonyl (C=O) groups excluding carboxylic acids is 1. The fourth-order valence-electron chi connectivity index (χ4n) is 3.19. The third-order valence-corrected chi connectivity index (χ3v) is 5.62. The summed E-state index contributed by atoms with van der Waals surface area (Å²) in [6.45, 7) is 4.97. The Kier molecular flexibility index (Phi) is 5.73. The molecular weight excluding hydrogens is 372 g/mol. The van der Waals surface area contributed by atoms with Crippen LogP contribution < -0.4 is 4.90 Å². The summed E-state index contributed by atoms with van der Waals surface area (Å²) in [4.78, 5) is 14.7. The number of para-hydroxylation sites is 1. The van der Waals surface area contributed by atoms with Crippen molar-refractivity contribution in [3.05, 3.63) is 65.7 Å². The van der Waals surface area contributed by atoms with Gasteiger partial charge in [0.15, 0.2) is 10.9 Å². The van der Waals surface area contributed by atoms with Crippen molar-refractivity contribution in [2.45, 2.75) is 12.1 Å². The Bertz CT molecular complexity index is 952. The second-order valence-electron chi connectivity index (χ2n) is 6.58. The normalized spacial score (nSPS) is 14.2. The van der Waals surface area contributed by atoms with Gasteiger partial charge in [-0.1, -0.05) is 60.3 Å². The van der Waals surface area contributed by atoms with Crippen LogP contribution in [0.1, 0.15) is 15.9 Å². The first-order chi connectivity index (χ1) is 13.7. The molecule has 0 atom stereocenters. The van der Waals surface area contributed by atoms with E-state index in [1.807, 2.05) is 42.5 Å². The van der Waals surface area contributed by atoms with Gasteiger partial charge in [0.05, 0.1) is 24.7 Å². The molecule has 7 heteroatoms. The Balaban J connectivity index is 1.64. The Morgan fingerprint density at radius 2 is 1.75 bits per heavy atom. The van der Waals surface area contributed by atoms with Crippen molar-refractivity contribution in [1.82, 2.24) is 14.8 Å². The number of benzene rings is 2. The number of ether oxygens (including phenoxy) is 1. The molecular formula is C21H22N4O2S. The van der Waals surface area contributed by atoms with Gasteiger partial charge in [-0.15, -0.1) is 10.2 Å². The van der Waals surface area contributed by atoms with Crippen LogP contribution in [0.2, 0.25) is 0 Å². The molecule has 1 aliphatic heterocycles. The number of hydrogen-bond donors (Lipinski definition) is 0. The van der Waals surface area contributed by atoms with Gasteiger partial charge in [0, 0.05) is 18.7 Å². The second-order valence-corrected chi connectivity index (χ2v) is 7.52. The molecule has 0 unspecified atom stereocenters. The van der Waals surface area contributed by atoms with Gasteiger partial charge in [0.1, 0.15) is 0 Å². The number of aryl methyl sites for hydroxylation is 1. The van der Waals surface area contributed by atoms with Crippen LogP contribution in [-0.4, -0.2) is 52.6 Å². The van der Waals surface area contributed by atoms with Crippen LogP contribution in [0.5, 0.6) is 0 Å². The molecule has 0 spiro atoms. The highest BCUT2D eigenvalue weighted by Gasteiger charge is 2.23. The molecule has 0 radical (unpaired) electrons. The predicted molar refractivity (Wildman–Crippen MR) is 111 cm³/mol. The standard InChI is InChI=1S/C21H22N4O2S/c1-16-7-5-6-10-18(16)25-20(24-11-13-27-14-12-24)22-23-21(25)28-15-19(26)17-8-3-2-4-9-17/h2-10H,11-15H2,1H3. The number of hydrogen-bond acceptors (Lipinski definition) is 6. The zero-order chi connectivity index (χ0) is 19.3. The van der Waals surface area contributed by atoms with Crippen molar-refractivity contribution >= 4 is 23.5 Å². The quantitative estimate of drug-likeness (QED) is 0.472. The highest BCUT2D eigenvalue weighted by Crippen LogP contribution is 2.29. The van der Waals surface area contributed by atoms with Crippen molar-refractivity contribution in [3.8, 4) is 5.69 Å². The summed E-state index contributed by atoms with van der Waals surface area (Å²) in [6, 6.07) is 17.5. The van der Waals surface area contributed by atoms with Crippen LogP contribution in [0.25, 0.3) is 5.69 Å². The highest BCUT2D eigenvalue weighted by atomic mass is 32.2. The van der Waals surface area contributed by atoms with Crippen molar-refractivity contribution in [2.24, 2.45) is 0 Å². The minimum atomic E-state index is 0.0813. The first-order valence-corrected chi connectivity index (χ1v) is 10.3. The van der Waals surface area contributed by atoms with Gasteiger partial charge in [-0.25, -0.2) is 0 Å². The third-order valence-electron chi connectivity index (χ3n) is 4.69. The van der Waals surface area contributed by atoms with Crippen LogP contribution in [0.15, 0.2) is 59.8 Å². The molecule has 6 nitrogen and oxygen atoms in total. The van der Waals surface area contributed by atoms with Gasteiger partial charge in [-0.05, 0) is 18.6 Å². The molecule has 0 amide bonds.